The minimum absolute atomic E-state index is 0.121. The van der Waals surface area contributed by atoms with Crippen LogP contribution in [0, 0.1) is 10.1 Å². The Morgan fingerprint density at radius 1 is 1.48 bits per heavy atom. The average Bonchev–Trinajstić information content (AvgIpc) is 2.97. The number of anilines is 2. The molecule has 21 heavy (non-hydrogen) atoms. The van der Waals surface area contributed by atoms with E-state index in [9.17, 15) is 14.9 Å². The summed E-state index contributed by atoms with van der Waals surface area (Å²) in [5, 5.41) is 16.7. The molecule has 0 radical (unpaired) electrons. The second-order valence-corrected chi connectivity index (χ2v) is 4.39. The summed E-state index contributed by atoms with van der Waals surface area (Å²) in [7, 11) is 0. The molecule has 0 spiro atoms. The molecule has 9 nitrogen and oxygen atoms in total. The van der Waals surface area contributed by atoms with Crippen molar-refractivity contribution in [3.05, 3.63) is 40.5 Å². The van der Waals surface area contributed by atoms with Gasteiger partial charge >= 0.3 is 0 Å². The highest BCUT2D eigenvalue weighted by Gasteiger charge is 2.23. The smallest absolute Gasteiger partial charge is 0.296 e. The molecule has 2 aromatic rings. The molecule has 1 aromatic heterocycles. The van der Waals surface area contributed by atoms with Gasteiger partial charge in [0.25, 0.3) is 11.6 Å². The van der Waals surface area contributed by atoms with Crippen molar-refractivity contribution in [1.82, 2.24) is 9.97 Å². The molecule has 0 saturated carbocycles. The van der Waals surface area contributed by atoms with Gasteiger partial charge in [0.1, 0.15) is 5.69 Å². The van der Waals surface area contributed by atoms with Crippen molar-refractivity contribution in [2.75, 3.05) is 17.2 Å². The summed E-state index contributed by atoms with van der Waals surface area (Å²) in [6.07, 6.45) is 3.13. The largest absolute Gasteiger partial charge is 0.481 e. The maximum Gasteiger partial charge on any atom is 0.296 e. The fraction of sp³-hybridized carbons (Fsp3) is 0.167. The first-order chi connectivity index (χ1) is 10.1. The zero-order valence-electron chi connectivity index (χ0n) is 10.8. The maximum absolute atomic E-state index is 11.3. The average molecular weight is 289 g/mol. The Bertz CT molecular complexity index is 698. The van der Waals surface area contributed by atoms with Gasteiger partial charge in [-0.2, -0.15) is 0 Å². The number of nitro benzene ring substituents is 1. The van der Waals surface area contributed by atoms with E-state index in [4.69, 9.17) is 4.74 Å². The lowest BCUT2D eigenvalue weighted by atomic mass is 10.2. The quantitative estimate of drug-likeness (QED) is 0.575. The monoisotopic (exact) mass is 289 g/mol. The van der Waals surface area contributed by atoms with Crippen LogP contribution in [0.25, 0.3) is 0 Å². The summed E-state index contributed by atoms with van der Waals surface area (Å²) in [5.41, 5.74) is 1.36. The summed E-state index contributed by atoms with van der Waals surface area (Å²) in [5.74, 6) is -0.00994. The van der Waals surface area contributed by atoms with E-state index >= 15 is 0 Å². The van der Waals surface area contributed by atoms with Gasteiger partial charge in [-0.05, 0) is 6.07 Å². The second kappa shape index (κ2) is 5.12. The third kappa shape index (κ3) is 2.61. The molecule has 0 saturated heterocycles. The van der Waals surface area contributed by atoms with Crippen LogP contribution in [0.2, 0.25) is 0 Å². The van der Waals surface area contributed by atoms with Crippen LogP contribution >= 0.6 is 0 Å². The van der Waals surface area contributed by atoms with Gasteiger partial charge in [0.05, 0.1) is 35.2 Å². The lowest BCUT2D eigenvalue weighted by Crippen LogP contribution is -2.25. The predicted octanol–water partition coefficient (Wildman–Crippen LogP) is 1.26. The van der Waals surface area contributed by atoms with Crippen LogP contribution in [0.5, 0.6) is 5.75 Å². The van der Waals surface area contributed by atoms with E-state index in [-0.39, 0.29) is 24.0 Å². The molecule has 9 heteroatoms. The lowest BCUT2D eigenvalue weighted by molar-refractivity contribution is -0.384. The van der Waals surface area contributed by atoms with Gasteiger partial charge in [0.2, 0.25) is 0 Å². The zero-order chi connectivity index (χ0) is 14.8. The molecule has 0 unspecified atom stereocenters. The number of nitro groups is 1. The fourth-order valence-corrected chi connectivity index (χ4v) is 1.98. The van der Waals surface area contributed by atoms with Crippen molar-refractivity contribution in [3.8, 4) is 5.75 Å². The first-order valence-electron chi connectivity index (χ1n) is 6.09. The standard InChI is InChI=1S/C12H11N5O4/c18-12-5-21-11-2-10(17(19)20)8(1-9(11)16-12)14-4-7-3-13-6-15-7/h1-3,6,14H,4-5H2,(H,13,15)(H,16,18). The number of H-pyrrole nitrogens is 1. The van der Waals surface area contributed by atoms with Crippen LogP contribution in [0.1, 0.15) is 5.69 Å². The fourth-order valence-electron chi connectivity index (χ4n) is 1.98. The Morgan fingerprint density at radius 2 is 2.33 bits per heavy atom. The molecule has 3 rings (SSSR count). The predicted molar refractivity (Wildman–Crippen MR) is 73.1 cm³/mol. The van der Waals surface area contributed by atoms with Crippen molar-refractivity contribution in [3.63, 3.8) is 0 Å². The molecule has 0 aliphatic carbocycles. The van der Waals surface area contributed by atoms with Gasteiger partial charge in [0.15, 0.2) is 12.4 Å². The van der Waals surface area contributed by atoms with Gasteiger partial charge in [-0.1, -0.05) is 0 Å². The van der Waals surface area contributed by atoms with Gasteiger partial charge in [-0.25, -0.2) is 4.98 Å². The minimum atomic E-state index is -0.505. The number of nitrogens with zero attached hydrogens (tertiary/aromatic N) is 2. The molecule has 3 N–H and O–H groups in total. The number of rotatable bonds is 4. The van der Waals surface area contributed by atoms with E-state index in [1.54, 1.807) is 6.20 Å². The van der Waals surface area contributed by atoms with Crippen molar-refractivity contribution in [2.45, 2.75) is 6.54 Å². The number of ether oxygens (including phenoxy) is 1. The first kappa shape index (κ1) is 12.9. The summed E-state index contributed by atoms with van der Waals surface area (Å²) in [6, 6.07) is 2.78. The molecule has 1 aromatic carbocycles. The highest BCUT2D eigenvalue weighted by atomic mass is 16.6. The van der Waals surface area contributed by atoms with Crippen molar-refractivity contribution in [2.24, 2.45) is 0 Å². The van der Waals surface area contributed by atoms with Crippen LogP contribution < -0.4 is 15.4 Å². The first-order valence-corrected chi connectivity index (χ1v) is 6.09. The SMILES string of the molecule is O=C1COc2cc([N+](=O)[O-])c(NCc3cnc[nH]3)cc2N1. The van der Waals surface area contributed by atoms with Crippen LogP contribution in [-0.4, -0.2) is 27.4 Å². The molecule has 1 aliphatic rings. The molecule has 1 amide bonds. The minimum Gasteiger partial charge on any atom is -0.481 e. The lowest BCUT2D eigenvalue weighted by Gasteiger charge is -2.19. The Hall–Kier alpha value is -3.10. The Balaban J connectivity index is 1.91. The summed E-state index contributed by atoms with van der Waals surface area (Å²) in [4.78, 5) is 28.7. The number of aromatic nitrogens is 2. The third-order valence-corrected chi connectivity index (χ3v) is 2.95. The molecule has 108 valence electrons. The molecule has 1 aliphatic heterocycles. The molecular weight excluding hydrogens is 278 g/mol. The number of aromatic amines is 1. The highest BCUT2D eigenvalue weighted by molar-refractivity contribution is 5.96. The number of benzene rings is 1. The Kier molecular flexibility index (Phi) is 3.14. The van der Waals surface area contributed by atoms with E-state index < -0.39 is 4.92 Å². The van der Waals surface area contributed by atoms with Gasteiger partial charge in [-0.15, -0.1) is 0 Å². The van der Waals surface area contributed by atoms with Gasteiger partial charge in [0, 0.05) is 6.20 Å². The van der Waals surface area contributed by atoms with Crippen molar-refractivity contribution >= 4 is 23.0 Å². The van der Waals surface area contributed by atoms with E-state index in [1.807, 2.05) is 0 Å². The zero-order valence-corrected chi connectivity index (χ0v) is 10.8. The van der Waals surface area contributed by atoms with E-state index in [0.29, 0.717) is 17.9 Å². The number of hydrogen-bond acceptors (Lipinski definition) is 6. The van der Waals surface area contributed by atoms with Crippen LogP contribution in [0.4, 0.5) is 17.1 Å². The molecule has 0 atom stereocenters. The van der Waals surface area contributed by atoms with E-state index in [2.05, 4.69) is 20.6 Å². The Morgan fingerprint density at radius 3 is 3.05 bits per heavy atom. The number of fused-ring (bicyclic) bond motifs is 1. The van der Waals surface area contributed by atoms with Crippen LogP contribution in [-0.2, 0) is 11.3 Å². The van der Waals surface area contributed by atoms with Gasteiger partial charge < -0.3 is 20.4 Å². The number of imidazole rings is 1. The normalized spacial score (nSPS) is 13.0. The van der Waals surface area contributed by atoms with Crippen molar-refractivity contribution in [1.29, 1.82) is 0 Å². The van der Waals surface area contributed by atoms with Crippen LogP contribution in [0.3, 0.4) is 0 Å². The van der Waals surface area contributed by atoms with Crippen LogP contribution in [0.15, 0.2) is 24.7 Å². The topological polar surface area (TPSA) is 122 Å². The molecular formula is C12H11N5O4. The Labute approximate surface area is 118 Å². The van der Waals surface area contributed by atoms with E-state index in [0.717, 1.165) is 5.69 Å². The third-order valence-electron chi connectivity index (χ3n) is 2.95. The van der Waals surface area contributed by atoms with Crippen molar-refractivity contribution < 1.29 is 14.5 Å². The number of amides is 1. The number of hydrogen-bond donors (Lipinski definition) is 3. The highest BCUT2D eigenvalue weighted by Crippen LogP contribution is 2.37. The molecule has 0 bridgehead atoms. The second-order valence-electron chi connectivity index (χ2n) is 4.39. The van der Waals surface area contributed by atoms with E-state index in [1.165, 1.54) is 18.5 Å². The summed E-state index contributed by atoms with van der Waals surface area (Å²) in [6.45, 7) is 0.194. The summed E-state index contributed by atoms with van der Waals surface area (Å²) < 4.78 is 5.17. The van der Waals surface area contributed by atoms with Gasteiger partial charge in [-0.3, -0.25) is 14.9 Å². The molecule has 2 heterocycles. The maximum atomic E-state index is 11.3. The summed E-state index contributed by atoms with van der Waals surface area (Å²) >= 11 is 0. The molecule has 0 fully saturated rings. The number of carbonyl (C=O) groups excluding carboxylic acids is 1. The number of nitrogens with one attached hydrogen (secondary N) is 3. The number of carbonyl (C=O) groups is 1.